The molecule has 0 spiro atoms. The molecule has 18 heavy (non-hydrogen) atoms. The van der Waals surface area contributed by atoms with Crippen molar-refractivity contribution in [3.63, 3.8) is 0 Å². The van der Waals surface area contributed by atoms with Crippen molar-refractivity contribution in [1.82, 2.24) is 9.88 Å². The van der Waals surface area contributed by atoms with Crippen molar-refractivity contribution in [3.8, 4) is 0 Å². The number of nitrogens with one attached hydrogen (secondary N) is 1. The second-order valence-corrected chi connectivity index (χ2v) is 4.44. The van der Waals surface area contributed by atoms with Crippen molar-refractivity contribution < 1.29 is 9.52 Å². The summed E-state index contributed by atoms with van der Waals surface area (Å²) in [6.07, 6.45) is 3.43. The number of aliphatic hydroxyl groups excluding tert-OH is 1. The number of rotatable bonds is 3. The van der Waals surface area contributed by atoms with E-state index in [1.54, 1.807) is 17.5 Å². The molecule has 2 aromatic rings. The van der Waals surface area contributed by atoms with E-state index in [0.717, 1.165) is 29.3 Å². The number of hydrogen-bond donors (Lipinski definition) is 2. The Bertz CT molecular complexity index is 557. The minimum absolute atomic E-state index is 0.641. The molecule has 0 aliphatic carbocycles. The number of aryl methyl sites for hydroxylation is 1. The molecule has 0 radical (unpaired) electrons. The summed E-state index contributed by atoms with van der Waals surface area (Å²) in [5, 5.41) is 10.2. The molecule has 3 heterocycles. The zero-order valence-electron chi connectivity index (χ0n) is 10.1. The van der Waals surface area contributed by atoms with Gasteiger partial charge in [-0.1, -0.05) is 0 Å². The smallest absolute Gasteiger partial charge is 0.157 e. The lowest BCUT2D eigenvalue weighted by Crippen LogP contribution is -2.31. The maximum atomic E-state index is 10.2. The van der Waals surface area contributed by atoms with Crippen molar-refractivity contribution in [2.24, 2.45) is 4.99 Å². The van der Waals surface area contributed by atoms with E-state index in [9.17, 15) is 5.11 Å². The fourth-order valence-corrected chi connectivity index (χ4v) is 2.15. The Hall–Kier alpha value is -2.01. The Morgan fingerprint density at radius 3 is 3.22 bits per heavy atom. The van der Waals surface area contributed by atoms with E-state index in [-0.39, 0.29) is 0 Å². The molecule has 5 heteroatoms. The van der Waals surface area contributed by atoms with Crippen molar-refractivity contribution in [1.29, 1.82) is 0 Å². The van der Waals surface area contributed by atoms with Gasteiger partial charge in [-0.15, -0.1) is 0 Å². The van der Waals surface area contributed by atoms with Crippen molar-refractivity contribution >= 4 is 12.2 Å². The van der Waals surface area contributed by atoms with Crippen LogP contribution in [0.1, 0.15) is 23.2 Å². The zero-order valence-corrected chi connectivity index (χ0v) is 10.1. The van der Waals surface area contributed by atoms with Gasteiger partial charge in [0, 0.05) is 24.2 Å². The number of aliphatic hydroxyl groups is 1. The summed E-state index contributed by atoms with van der Waals surface area (Å²) < 4.78 is 5.27. The molecule has 1 aliphatic heterocycles. The monoisotopic (exact) mass is 245 g/mol. The molecule has 2 N–H and O–H groups in total. The molecule has 1 aliphatic rings. The average molecular weight is 245 g/mol. The largest absolute Gasteiger partial charge is 0.469 e. The molecule has 3 rings (SSSR count). The molecule has 0 amide bonds. The Labute approximate surface area is 105 Å². The fraction of sp³-hybridized carbons (Fsp3) is 0.308. The predicted molar refractivity (Wildman–Crippen MR) is 67.8 cm³/mol. The topological polar surface area (TPSA) is 64.8 Å². The summed E-state index contributed by atoms with van der Waals surface area (Å²) in [5.74, 6) is 1.65. The summed E-state index contributed by atoms with van der Waals surface area (Å²) >= 11 is 0. The third-order valence-electron chi connectivity index (χ3n) is 3.08. The van der Waals surface area contributed by atoms with E-state index in [2.05, 4.69) is 9.98 Å². The minimum Gasteiger partial charge on any atom is -0.469 e. The first kappa shape index (κ1) is 11.1. The molecule has 0 saturated heterocycles. The number of aromatic amines is 1. The van der Waals surface area contributed by atoms with Crippen LogP contribution in [0, 0.1) is 6.92 Å². The number of aromatic nitrogens is 1. The number of furan rings is 1. The lowest BCUT2D eigenvalue weighted by atomic mass is 10.2. The van der Waals surface area contributed by atoms with E-state index in [0.29, 0.717) is 6.54 Å². The second kappa shape index (κ2) is 4.34. The highest BCUT2D eigenvalue weighted by Crippen LogP contribution is 2.31. The van der Waals surface area contributed by atoms with Gasteiger partial charge in [0.05, 0.1) is 12.6 Å². The van der Waals surface area contributed by atoms with Gasteiger partial charge in [0.1, 0.15) is 11.6 Å². The molecular weight excluding hydrogens is 230 g/mol. The standard InChI is InChI=1S/C13H15N3O2/c1-9-7-11-12(15-9)14-8-16(13(11)17)5-4-10-3-2-6-18-10/h2-3,6-8,13,15,17H,4-5H2,1H3. The van der Waals surface area contributed by atoms with E-state index < -0.39 is 6.23 Å². The van der Waals surface area contributed by atoms with Crippen LogP contribution in [-0.4, -0.2) is 27.9 Å². The molecule has 0 aromatic carbocycles. The number of H-pyrrole nitrogens is 1. The molecule has 0 fully saturated rings. The quantitative estimate of drug-likeness (QED) is 0.870. The van der Waals surface area contributed by atoms with Crippen molar-refractivity contribution in [2.45, 2.75) is 19.6 Å². The number of fused-ring (bicyclic) bond motifs is 1. The van der Waals surface area contributed by atoms with Crippen LogP contribution in [0.5, 0.6) is 0 Å². The summed E-state index contributed by atoms with van der Waals surface area (Å²) in [7, 11) is 0. The molecular formula is C13H15N3O2. The Morgan fingerprint density at radius 2 is 2.44 bits per heavy atom. The molecule has 2 aromatic heterocycles. The highest BCUT2D eigenvalue weighted by molar-refractivity contribution is 5.66. The van der Waals surface area contributed by atoms with Gasteiger partial charge in [0.2, 0.25) is 0 Å². The third kappa shape index (κ3) is 1.93. The van der Waals surface area contributed by atoms with E-state index in [1.807, 2.05) is 25.1 Å². The van der Waals surface area contributed by atoms with Gasteiger partial charge >= 0.3 is 0 Å². The SMILES string of the molecule is Cc1cc2c([nH]1)N=CN(CCc1ccco1)C2O. The van der Waals surface area contributed by atoms with Crippen LogP contribution in [0.25, 0.3) is 0 Å². The Morgan fingerprint density at radius 1 is 1.56 bits per heavy atom. The fourth-order valence-electron chi connectivity index (χ4n) is 2.15. The van der Waals surface area contributed by atoms with Crippen LogP contribution in [0.3, 0.4) is 0 Å². The van der Waals surface area contributed by atoms with Gasteiger partial charge in [-0.2, -0.15) is 0 Å². The first-order valence-corrected chi connectivity index (χ1v) is 5.94. The summed E-state index contributed by atoms with van der Waals surface area (Å²) in [5.41, 5.74) is 1.83. The number of aliphatic imine (C=N–C) groups is 1. The molecule has 1 atom stereocenters. The van der Waals surface area contributed by atoms with Crippen LogP contribution in [0.4, 0.5) is 5.82 Å². The summed E-state index contributed by atoms with van der Waals surface area (Å²) in [6, 6.07) is 5.72. The summed E-state index contributed by atoms with van der Waals surface area (Å²) in [6.45, 7) is 2.62. The molecule has 1 unspecified atom stereocenters. The maximum absolute atomic E-state index is 10.2. The van der Waals surface area contributed by atoms with E-state index >= 15 is 0 Å². The minimum atomic E-state index is -0.641. The van der Waals surface area contributed by atoms with Gasteiger partial charge in [-0.05, 0) is 25.1 Å². The van der Waals surface area contributed by atoms with Crippen LogP contribution in [0.2, 0.25) is 0 Å². The molecule has 0 saturated carbocycles. The Kier molecular flexibility index (Phi) is 2.68. The highest BCUT2D eigenvalue weighted by atomic mass is 16.3. The first-order chi connectivity index (χ1) is 8.74. The van der Waals surface area contributed by atoms with Crippen LogP contribution in [0.15, 0.2) is 33.9 Å². The molecule has 5 nitrogen and oxygen atoms in total. The van der Waals surface area contributed by atoms with Crippen molar-refractivity contribution in [2.75, 3.05) is 6.54 Å². The zero-order chi connectivity index (χ0) is 12.5. The van der Waals surface area contributed by atoms with Crippen LogP contribution < -0.4 is 0 Å². The lowest BCUT2D eigenvalue weighted by Gasteiger charge is -2.28. The van der Waals surface area contributed by atoms with E-state index in [1.165, 1.54) is 0 Å². The first-order valence-electron chi connectivity index (χ1n) is 5.94. The van der Waals surface area contributed by atoms with Crippen LogP contribution >= 0.6 is 0 Å². The summed E-state index contributed by atoms with van der Waals surface area (Å²) in [4.78, 5) is 9.22. The van der Waals surface area contributed by atoms with Gasteiger partial charge in [0.15, 0.2) is 6.23 Å². The molecule has 0 bridgehead atoms. The van der Waals surface area contributed by atoms with Gasteiger partial charge in [-0.3, -0.25) is 0 Å². The van der Waals surface area contributed by atoms with E-state index in [4.69, 9.17) is 4.42 Å². The average Bonchev–Trinajstić information content (AvgIpc) is 2.97. The lowest BCUT2D eigenvalue weighted by molar-refractivity contribution is 0.0544. The highest BCUT2D eigenvalue weighted by Gasteiger charge is 2.23. The predicted octanol–water partition coefficient (Wildman–Crippen LogP) is 2.13. The van der Waals surface area contributed by atoms with Gasteiger partial charge < -0.3 is 19.4 Å². The van der Waals surface area contributed by atoms with Gasteiger partial charge in [-0.25, -0.2) is 4.99 Å². The van der Waals surface area contributed by atoms with Gasteiger partial charge in [0.25, 0.3) is 0 Å². The number of nitrogens with zero attached hydrogens (tertiary/aromatic N) is 2. The van der Waals surface area contributed by atoms with Crippen LogP contribution in [-0.2, 0) is 6.42 Å². The van der Waals surface area contributed by atoms with Crippen molar-refractivity contribution in [3.05, 3.63) is 41.5 Å². The third-order valence-corrected chi connectivity index (χ3v) is 3.08. The maximum Gasteiger partial charge on any atom is 0.157 e. The normalized spacial score (nSPS) is 18.1. The Balaban J connectivity index is 1.72. The number of hydrogen-bond acceptors (Lipinski definition) is 4. The molecule has 94 valence electrons. The second-order valence-electron chi connectivity index (χ2n) is 4.44.